The fourth-order valence-corrected chi connectivity index (χ4v) is 1.16. The summed E-state index contributed by atoms with van der Waals surface area (Å²) in [6.07, 6.45) is 7.05. The first-order valence-corrected chi connectivity index (χ1v) is 4.78. The number of hydrogen-bond donors (Lipinski definition) is 0. The van der Waals surface area contributed by atoms with Crippen LogP contribution in [0.25, 0.3) is 0 Å². The molecule has 0 spiro atoms. The van der Waals surface area contributed by atoms with Gasteiger partial charge in [0.15, 0.2) is 11.9 Å². The topological polar surface area (TPSA) is 50.4 Å². The number of hydrogen-bond acceptors (Lipinski definition) is 2. The van der Waals surface area contributed by atoms with Crippen molar-refractivity contribution < 1.29 is 39.5 Å². The predicted molar refractivity (Wildman–Crippen MR) is 56.3 cm³/mol. The molecule has 2 rings (SSSR count). The number of aromatic nitrogens is 3. The lowest BCUT2D eigenvalue weighted by molar-refractivity contribution is -0.386. The molecule has 0 aliphatic rings. The Morgan fingerprint density at radius 2 is 2.06 bits per heavy atom. The zero-order chi connectivity index (χ0) is 11.2. The fourth-order valence-electron chi connectivity index (χ4n) is 1.16. The lowest BCUT2D eigenvalue weighted by atomic mass is 10.3. The van der Waals surface area contributed by atoms with Crippen molar-refractivity contribution in [1.82, 2.24) is 4.98 Å². The molecule has 0 fully saturated rings. The minimum atomic E-state index is 0. The minimum absolute atomic E-state index is 0. The molecule has 4 nitrogen and oxygen atoms in total. The molecule has 0 unspecified atom stereocenters. The van der Waals surface area contributed by atoms with Gasteiger partial charge in [-0.1, -0.05) is 0 Å². The average molecular weight is 284 g/mol. The zero-order valence-electron chi connectivity index (χ0n) is 9.58. The van der Waals surface area contributed by atoms with Crippen LogP contribution in [-0.2, 0) is 0 Å². The van der Waals surface area contributed by atoms with E-state index in [-0.39, 0.29) is 24.8 Å². The van der Waals surface area contributed by atoms with E-state index in [2.05, 4.69) is 26.8 Å². The molecule has 0 aliphatic carbocycles. The Bertz CT molecular complexity index is 538. The highest BCUT2D eigenvalue weighted by Crippen LogP contribution is 2.06. The first-order chi connectivity index (χ1) is 7.88. The Balaban J connectivity index is 0.00000144. The quantitative estimate of drug-likeness (QED) is 0.490. The Labute approximate surface area is 118 Å². The molecule has 2 aromatic heterocycles. The van der Waals surface area contributed by atoms with Gasteiger partial charge in [-0.15, -0.1) is 0 Å². The molecule has 0 radical (unpaired) electrons. The van der Waals surface area contributed by atoms with E-state index >= 15 is 0 Å². The van der Waals surface area contributed by atoms with Crippen LogP contribution in [0.3, 0.4) is 0 Å². The minimum Gasteiger partial charge on any atom is -1.00 e. The van der Waals surface area contributed by atoms with Crippen molar-refractivity contribution in [2.45, 2.75) is 0 Å². The molecule has 0 saturated heterocycles. The van der Waals surface area contributed by atoms with E-state index in [0.717, 1.165) is 11.3 Å². The number of methoxy groups -OCH3 is 1. The highest BCUT2D eigenvalue weighted by atomic mass is 35.5. The summed E-state index contributed by atoms with van der Waals surface area (Å²) in [4.78, 5) is 9.97. The maximum Gasteiger partial charge on any atom is 0.374 e. The average Bonchev–Trinajstić information content (AvgIpc) is 2.38. The van der Waals surface area contributed by atoms with Crippen LogP contribution in [0, 0.1) is 11.8 Å². The molecule has 0 aliphatic heterocycles. The van der Waals surface area contributed by atoms with Gasteiger partial charge in [0.25, 0.3) is 0 Å². The van der Waals surface area contributed by atoms with E-state index in [9.17, 15) is 0 Å². The van der Waals surface area contributed by atoms with E-state index in [4.69, 9.17) is 4.74 Å². The molecule has 18 heavy (non-hydrogen) atoms. The van der Waals surface area contributed by atoms with Gasteiger partial charge in [-0.3, -0.25) is 0 Å². The maximum absolute atomic E-state index is 5.08. The summed E-state index contributed by atoms with van der Waals surface area (Å²) in [7, 11) is 1.62. The molecule has 94 valence electrons. The molecular weight excluding hydrogens is 273 g/mol. The van der Waals surface area contributed by atoms with Crippen LogP contribution in [0.15, 0.2) is 36.9 Å². The molecule has 2 heterocycles. The van der Waals surface area contributed by atoms with Crippen LogP contribution >= 0.6 is 0 Å². The highest BCUT2D eigenvalue weighted by Gasteiger charge is 1.99. The molecule has 0 amide bonds. The molecule has 0 bridgehead atoms. The second kappa shape index (κ2) is 8.29. The first-order valence-electron chi connectivity index (χ1n) is 4.78. The third kappa shape index (κ3) is 4.58. The Hall–Kier alpha value is -1.83. The monoisotopic (exact) mass is 283 g/mol. The Kier molecular flexibility index (Phi) is 7.45. The van der Waals surface area contributed by atoms with Gasteiger partial charge >= 0.3 is 5.82 Å². The van der Waals surface area contributed by atoms with Crippen molar-refractivity contribution in [3.63, 3.8) is 0 Å². The summed E-state index contributed by atoms with van der Waals surface area (Å²) in [5.41, 5.74) is 0.846. The van der Waals surface area contributed by atoms with E-state index in [0.29, 0.717) is 5.82 Å². The van der Waals surface area contributed by atoms with Crippen LogP contribution < -0.4 is 39.5 Å². The van der Waals surface area contributed by atoms with Gasteiger partial charge in [0, 0.05) is 18.1 Å². The van der Waals surface area contributed by atoms with Crippen molar-refractivity contribution in [3.8, 4) is 17.6 Å². The van der Waals surface area contributed by atoms with Crippen LogP contribution in [0.1, 0.15) is 11.4 Å². The number of rotatable bonds is 1. The van der Waals surface area contributed by atoms with Gasteiger partial charge < -0.3 is 29.6 Å². The van der Waals surface area contributed by atoms with Crippen LogP contribution in [0.2, 0.25) is 0 Å². The number of aromatic amines is 2. The smallest absolute Gasteiger partial charge is 0.374 e. The molecule has 2 aromatic rings. The van der Waals surface area contributed by atoms with Gasteiger partial charge in [-0.05, 0) is 10.9 Å². The highest BCUT2D eigenvalue weighted by molar-refractivity contribution is 5.37. The molecule has 0 atom stereocenters. The van der Waals surface area contributed by atoms with Gasteiger partial charge in [-0.25, -0.2) is 9.97 Å². The third-order valence-corrected chi connectivity index (χ3v) is 1.93. The second-order valence-corrected chi connectivity index (χ2v) is 3.04. The molecule has 2 N–H and O–H groups in total. The molecule has 0 saturated carbocycles. The van der Waals surface area contributed by atoms with E-state index in [1.165, 1.54) is 0 Å². The summed E-state index contributed by atoms with van der Waals surface area (Å²) in [5.74, 6) is 7.28. The second-order valence-electron chi connectivity index (χ2n) is 3.04. The molecule has 0 aromatic carbocycles. The SMILES string of the molecule is COc1c[nH+]cc(C#Cc2nccc[nH+]2)c1.[Cl-].[Cl-]. The van der Waals surface area contributed by atoms with Crippen molar-refractivity contribution in [2.24, 2.45) is 0 Å². The fraction of sp³-hybridized carbons (Fsp3) is 0.0833. The largest absolute Gasteiger partial charge is 1.00 e. The summed E-state index contributed by atoms with van der Waals surface area (Å²) < 4.78 is 5.08. The van der Waals surface area contributed by atoms with Crippen LogP contribution in [0.4, 0.5) is 0 Å². The van der Waals surface area contributed by atoms with Crippen LogP contribution in [0.5, 0.6) is 5.75 Å². The van der Waals surface area contributed by atoms with Gasteiger partial charge in [-0.2, -0.15) is 0 Å². The standard InChI is InChI=1S/C12H9N3O.2ClH/c1-16-11-7-10(8-13-9-11)3-4-12-14-5-2-6-15-12;;/h2,5-9H,1H3;2*1H. The lowest BCUT2D eigenvalue weighted by Crippen LogP contribution is -3.00. The number of ether oxygens (including phenoxy) is 1. The number of H-pyrrole nitrogens is 2. The molecular formula is C12H11Cl2N3O. The van der Waals surface area contributed by atoms with Gasteiger partial charge in [0.05, 0.1) is 18.9 Å². The van der Waals surface area contributed by atoms with Crippen molar-refractivity contribution in [1.29, 1.82) is 0 Å². The number of nitrogens with one attached hydrogen (secondary N) is 2. The predicted octanol–water partition coefficient (Wildman–Crippen LogP) is -5.87. The van der Waals surface area contributed by atoms with Crippen molar-refractivity contribution >= 4 is 0 Å². The summed E-state index contributed by atoms with van der Waals surface area (Å²) >= 11 is 0. The van der Waals surface area contributed by atoms with Crippen LogP contribution in [-0.4, -0.2) is 12.1 Å². The number of halogens is 2. The summed E-state index contributed by atoms with van der Waals surface area (Å²) in [6, 6.07) is 3.66. The maximum atomic E-state index is 5.08. The number of nitrogens with zero attached hydrogens (tertiary/aromatic N) is 1. The zero-order valence-corrected chi connectivity index (χ0v) is 11.1. The first kappa shape index (κ1) is 16.2. The van der Waals surface area contributed by atoms with Gasteiger partial charge in [0.1, 0.15) is 6.20 Å². The normalized spacial score (nSPS) is 8.06. The molecule has 6 heteroatoms. The summed E-state index contributed by atoms with van der Waals surface area (Å²) in [6.45, 7) is 0. The van der Waals surface area contributed by atoms with E-state index < -0.39 is 0 Å². The van der Waals surface area contributed by atoms with Gasteiger partial charge in [0.2, 0.25) is 6.20 Å². The third-order valence-electron chi connectivity index (χ3n) is 1.93. The van der Waals surface area contributed by atoms with Crippen molar-refractivity contribution in [2.75, 3.05) is 7.11 Å². The number of pyridine rings is 1. The Morgan fingerprint density at radius 3 is 2.72 bits per heavy atom. The van der Waals surface area contributed by atoms with E-state index in [1.807, 2.05) is 12.1 Å². The van der Waals surface area contributed by atoms with E-state index in [1.54, 1.807) is 31.9 Å². The van der Waals surface area contributed by atoms with Crippen molar-refractivity contribution in [3.05, 3.63) is 48.3 Å². The summed E-state index contributed by atoms with van der Waals surface area (Å²) in [5, 5.41) is 0. The lowest BCUT2D eigenvalue weighted by Gasteiger charge is -1.93. The Morgan fingerprint density at radius 1 is 1.22 bits per heavy atom.